The van der Waals surface area contributed by atoms with Crippen molar-refractivity contribution in [1.82, 2.24) is 4.31 Å². The molecule has 1 aliphatic heterocycles. The van der Waals surface area contributed by atoms with E-state index in [0.29, 0.717) is 24.2 Å². The number of fused-ring (bicyclic) bond motifs is 1. The molecule has 4 rings (SSSR count). The van der Waals surface area contributed by atoms with Crippen LogP contribution in [-0.2, 0) is 14.8 Å². The number of benzene rings is 2. The van der Waals surface area contributed by atoms with Gasteiger partial charge in [-0.15, -0.1) is 0 Å². The number of morpholine rings is 1. The summed E-state index contributed by atoms with van der Waals surface area (Å²) in [4.78, 5) is 24.8. The van der Waals surface area contributed by atoms with Gasteiger partial charge in [-0.25, -0.2) is 13.2 Å². The molecule has 150 valence electrons. The van der Waals surface area contributed by atoms with E-state index in [1.165, 1.54) is 28.6 Å². The van der Waals surface area contributed by atoms with E-state index >= 15 is 0 Å². The van der Waals surface area contributed by atoms with Gasteiger partial charge in [-0.3, -0.25) is 4.79 Å². The molecule has 0 bridgehead atoms. The van der Waals surface area contributed by atoms with Crippen molar-refractivity contribution in [2.75, 3.05) is 31.6 Å². The second kappa shape index (κ2) is 7.78. The van der Waals surface area contributed by atoms with Crippen molar-refractivity contribution < 1.29 is 22.4 Å². The Morgan fingerprint density at radius 2 is 1.76 bits per heavy atom. The van der Waals surface area contributed by atoms with Crippen LogP contribution >= 0.6 is 0 Å². The summed E-state index contributed by atoms with van der Waals surface area (Å²) < 4.78 is 37.3. The van der Waals surface area contributed by atoms with Crippen molar-refractivity contribution in [3.05, 3.63) is 70.6 Å². The SMILES string of the molecule is O=C(Nc1cccc(S(=O)(=O)N2CCOCC2)c1)c1cc2ccccc2oc1=O. The summed E-state index contributed by atoms with van der Waals surface area (Å²) in [6.07, 6.45) is 0. The number of hydrogen-bond donors (Lipinski definition) is 1. The standard InChI is InChI=1S/C20H18N2O6S/c23-19(17-12-14-4-1-2-7-18(14)28-20(17)24)21-15-5-3-6-16(13-15)29(25,26)22-8-10-27-11-9-22/h1-7,12-13H,8-11H2,(H,21,23). The van der Waals surface area contributed by atoms with Crippen LogP contribution in [0.2, 0.25) is 0 Å². The Balaban J connectivity index is 1.60. The number of rotatable bonds is 4. The number of carbonyl (C=O) groups excluding carboxylic acids is 1. The van der Waals surface area contributed by atoms with Crippen LogP contribution in [0.25, 0.3) is 11.0 Å². The highest BCUT2D eigenvalue weighted by Crippen LogP contribution is 2.21. The molecule has 0 unspecified atom stereocenters. The molecular formula is C20H18N2O6S. The summed E-state index contributed by atoms with van der Waals surface area (Å²) >= 11 is 0. The zero-order chi connectivity index (χ0) is 20.4. The Labute approximate surface area is 166 Å². The van der Waals surface area contributed by atoms with Gasteiger partial charge in [-0.1, -0.05) is 24.3 Å². The Morgan fingerprint density at radius 1 is 1.00 bits per heavy atom. The van der Waals surface area contributed by atoms with Crippen molar-refractivity contribution >= 4 is 32.6 Å². The van der Waals surface area contributed by atoms with Crippen LogP contribution in [0.15, 0.2) is 68.7 Å². The summed E-state index contributed by atoms with van der Waals surface area (Å²) in [7, 11) is -3.70. The molecule has 1 saturated heterocycles. The zero-order valence-electron chi connectivity index (χ0n) is 15.3. The number of nitrogens with one attached hydrogen (secondary N) is 1. The lowest BCUT2D eigenvalue weighted by Crippen LogP contribution is -2.40. The first-order valence-corrected chi connectivity index (χ1v) is 10.4. The first-order chi connectivity index (χ1) is 13.9. The van der Waals surface area contributed by atoms with Crippen LogP contribution in [0.5, 0.6) is 0 Å². The molecule has 1 fully saturated rings. The Morgan fingerprint density at radius 3 is 2.55 bits per heavy atom. The van der Waals surface area contributed by atoms with Crippen LogP contribution < -0.4 is 10.9 Å². The van der Waals surface area contributed by atoms with Crippen LogP contribution in [0.1, 0.15) is 10.4 Å². The minimum Gasteiger partial charge on any atom is -0.422 e. The minimum atomic E-state index is -3.70. The molecule has 0 saturated carbocycles. The van der Waals surface area contributed by atoms with E-state index in [1.54, 1.807) is 30.3 Å². The second-order valence-corrected chi connectivity index (χ2v) is 8.42. The number of hydrogen-bond acceptors (Lipinski definition) is 6. The van der Waals surface area contributed by atoms with Crippen molar-refractivity contribution in [1.29, 1.82) is 0 Å². The van der Waals surface area contributed by atoms with Crippen molar-refractivity contribution in [3.63, 3.8) is 0 Å². The predicted octanol–water partition coefficient (Wildman–Crippen LogP) is 2.07. The molecule has 0 radical (unpaired) electrons. The average molecular weight is 414 g/mol. The number of para-hydroxylation sites is 1. The monoisotopic (exact) mass is 414 g/mol. The van der Waals surface area contributed by atoms with E-state index in [9.17, 15) is 18.0 Å². The third kappa shape index (κ3) is 3.93. The van der Waals surface area contributed by atoms with Crippen LogP contribution in [0.4, 0.5) is 5.69 Å². The van der Waals surface area contributed by atoms with Gasteiger partial charge in [0.25, 0.3) is 5.91 Å². The fraction of sp³-hybridized carbons (Fsp3) is 0.200. The van der Waals surface area contributed by atoms with Gasteiger partial charge in [-0.05, 0) is 30.3 Å². The molecule has 1 aliphatic rings. The van der Waals surface area contributed by atoms with Gasteiger partial charge in [0.15, 0.2) is 0 Å². The topological polar surface area (TPSA) is 106 Å². The highest BCUT2D eigenvalue weighted by atomic mass is 32.2. The molecule has 8 nitrogen and oxygen atoms in total. The highest BCUT2D eigenvalue weighted by molar-refractivity contribution is 7.89. The first-order valence-electron chi connectivity index (χ1n) is 8.97. The van der Waals surface area contributed by atoms with E-state index in [0.717, 1.165) is 0 Å². The summed E-state index contributed by atoms with van der Waals surface area (Å²) in [6, 6.07) is 14.2. The van der Waals surface area contributed by atoms with Crippen LogP contribution in [0.3, 0.4) is 0 Å². The molecule has 0 atom stereocenters. The van der Waals surface area contributed by atoms with Crippen molar-refractivity contribution in [3.8, 4) is 0 Å². The van der Waals surface area contributed by atoms with Gasteiger partial charge >= 0.3 is 5.63 Å². The number of ether oxygens (including phenoxy) is 1. The molecule has 3 aromatic rings. The molecule has 9 heteroatoms. The number of nitrogens with zero attached hydrogens (tertiary/aromatic N) is 1. The van der Waals surface area contributed by atoms with Gasteiger partial charge in [0.2, 0.25) is 10.0 Å². The molecule has 1 aromatic heterocycles. The Bertz CT molecular complexity index is 1230. The molecule has 2 heterocycles. The Kier molecular flexibility index (Phi) is 5.18. The molecule has 2 aromatic carbocycles. The van der Waals surface area contributed by atoms with Gasteiger partial charge in [-0.2, -0.15) is 4.31 Å². The first kappa shape index (κ1) is 19.3. The summed E-state index contributed by atoms with van der Waals surface area (Å²) in [5.41, 5.74) is -0.284. The summed E-state index contributed by atoms with van der Waals surface area (Å²) in [6.45, 7) is 1.23. The lowest BCUT2D eigenvalue weighted by molar-refractivity contribution is 0.0730. The smallest absolute Gasteiger partial charge is 0.349 e. The fourth-order valence-corrected chi connectivity index (χ4v) is 4.54. The normalized spacial score (nSPS) is 15.3. The van der Waals surface area contributed by atoms with Gasteiger partial charge in [0.05, 0.1) is 18.1 Å². The average Bonchev–Trinajstić information content (AvgIpc) is 2.74. The molecular weight excluding hydrogens is 396 g/mol. The van der Waals surface area contributed by atoms with E-state index in [-0.39, 0.29) is 29.2 Å². The molecule has 0 spiro atoms. The predicted molar refractivity (Wildman–Crippen MR) is 106 cm³/mol. The third-order valence-corrected chi connectivity index (χ3v) is 6.48. The van der Waals surface area contributed by atoms with Gasteiger partial charge < -0.3 is 14.5 Å². The lowest BCUT2D eigenvalue weighted by atomic mass is 10.1. The summed E-state index contributed by atoms with van der Waals surface area (Å²) in [5.74, 6) is -0.676. The van der Waals surface area contributed by atoms with E-state index in [2.05, 4.69) is 5.32 Å². The van der Waals surface area contributed by atoms with Crippen molar-refractivity contribution in [2.24, 2.45) is 0 Å². The van der Waals surface area contributed by atoms with Gasteiger partial charge in [0.1, 0.15) is 11.1 Å². The van der Waals surface area contributed by atoms with Crippen LogP contribution in [0, 0.1) is 0 Å². The van der Waals surface area contributed by atoms with Crippen LogP contribution in [-0.4, -0.2) is 44.9 Å². The number of amides is 1. The molecule has 29 heavy (non-hydrogen) atoms. The number of anilines is 1. The quantitative estimate of drug-likeness (QED) is 0.655. The zero-order valence-corrected chi connectivity index (χ0v) is 16.1. The fourth-order valence-electron chi connectivity index (χ4n) is 3.09. The molecule has 1 amide bonds. The maximum atomic E-state index is 12.8. The molecule has 1 N–H and O–H groups in total. The summed E-state index contributed by atoms with van der Waals surface area (Å²) in [5, 5.41) is 3.18. The lowest BCUT2D eigenvalue weighted by Gasteiger charge is -2.26. The van der Waals surface area contributed by atoms with E-state index in [4.69, 9.17) is 9.15 Å². The number of sulfonamides is 1. The van der Waals surface area contributed by atoms with E-state index in [1.807, 2.05) is 0 Å². The van der Waals surface area contributed by atoms with E-state index < -0.39 is 21.6 Å². The minimum absolute atomic E-state index is 0.0581. The highest BCUT2D eigenvalue weighted by Gasteiger charge is 2.26. The van der Waals surface area contributed by atoms with Gasteiger partial charge in [0, 0.05) is 24.2 Å². The maximum Gasteiger partial charge on any atom is 0.349 e. The second-order valence-electron chi connectivity index (χ2n) is 6.48. The largest absolute Gasteiger partial charge is 0.422 e. The molecule has 0 aliphatic carbocycles. The third-order valence-electron chi connectivity index (χ3n) is 4.59. The maximum absolute atomic E-state index is 12.8. The number of carbonyl (C=O) groups is 1. The van der Waals surface area contributed by atoms with Crippen molar-refractivity contribution in [2.45, 2.75) is 4.90 Å². The Hall–Kier alpha value is -3.01.